The van der Waals surface area contributed by atoms with Crippen LogP contribution in [0.25, 0.3) is 0 Å². The molecule has 1 saturated heterocycles. The molecule has 2 amide bonds. The van der Waals surface area contributed by atoms with Crippen LogP contribution in [0.15, 0.2) is 29.2 Å². The molecule has 0 radical (unpaired) electrons. The van der Waals surface area contributed by atoms with Gasteiger partial charge in [0, 0.05) is 13.2 Å². The fourth-order valence-corrected chi connectivity index (χ4v) is 4.13. The molecule has 0 saturated carbocycles. The number of amides is 2. The van der Waals surface area contributed by atoms with Gasteiger partial charge in [-0.15, -0.1) is 0 Å². The van der Waals surface area contributed by atoms with E-state index in [1.54, 1.807) is 12.1 Å². The topological polar surface area (TPSA) is 92.8 Å². The summed E-state index contributed by atoms with van der Waals surface area (Å²) in [6.45, 7) is 0.491. The Labute approximate surface area is 128 Å². The molecule has 2 aliphatic rings. The zero-order valence-electron chi connectivity index (χ0n) is 11.8. The van der Waals surface area contributed by atoms with Crippen molar-refractivity contribution in [3.63, 3.8) is 0 Å². The van der Waals surface area contributed by atoms with E-state index in [4.69, 9.17) is 4.74 Å². The van der Waals surface area contributed by atoms with E-state index in [0.717, 1.165) is 12.8 Å². The molecule has 2 heterocycles. The predicted molar refractivity (Wildman–Crippen MR) is 76.6 cm³/mol. The third-order valence-electron chi connectivity index (χ3n) is 3.75. The van der Waals surface area contributed by atoms with E-state index in [0.29, 0.717) is 17.5 Å². The minimum absolute atomic E-state index is 0.0352. The molecule has 0 spiro atoms. The van der Waals surface area contributed by atoms with Gasteiger partial charge in [-0.25, -0.2) is 12.7 Å². The first-order valence-electron chi connectivity index (χ1n) is 7.04. The Balaban J connectivity index is 1.68. The van der Waals surface area contributed by atoms with Crippen molar-refractivity contribution in [2.24, 2.45) is 0 Å². The van der Waals surface area contributed by atoms with Crippen LogP contribution in [-0.4, -0.2) is 50.3 Å². The largest absolute Gasteiger partial charge is 0.376 e. The van der Waals surface area contributed by atoms with Crippen molar-refractivity contribution in [3.8, 4) is 0 Å². The minimum atomic E-state index is -3.94. The molecule has 2 aliphatic heterocycles. The highest BCUT2D eigenvalue weighted by Crippen LogP contribution is 2.29. The van der Waals surface area contributed by atoms with Crippen LogP contribution >= 0.6 is 0 Å². The molecule has 1 aromatic carbocycles. The summed E-state index contributed by atoms with van der Waals surface area (Å²) in [6.07, 6.45) is 1.79. The van der Waals surface area contributed by atoms with E-state index in [1.165, 1.54) is 12.1 Å². The van der Waals surface area contributed by atoms with Crippen LogP contribution < -0.4 is 5.32 Å². The molecule has 8 heteroatoms. The Kier molecular flexibility index (Phi) is 3.88. The maximum atomic E-state index is 12.3. The van der Waals surface area contributed by atoms with Crippen LogP contribution in [0, 0.1) is 0 Å². The number of hydrogen-bond donors (Lipinski definition) is 1. The molecular formula is C14H16N2O5S. The normalized spacial score (nSPS) is 22.6. The molecule has 1 atom stereocenters. The highest BCUT2D eigenvalue weighted by atomic mass is 32.2. The summed E-state index contributed by atoms with van der Waals surface area (Å²) in [7, 11) is -3.94. The van der Waals surface area contributed by atoms with Crippen molar-refractivity contribution in [1.82, 2.24) is 9.62 Å². The zero-order chi connectivity index (χ0) is 15.7. The van der Waals surface area contributed by atoms with Crippen LogP contribution in [0.4, 0.5) is 0 Å². The van der Waals surface area contributed by atoms with Crippen LogP contribution in [0.5, 0.6) is 0 Å². The van der Waals surface area contributed by atoms with Gasteiger partial charge in [-0.2, -0.15) is 0 Å². The number of rotatable bonds is 4. The van der Waals surface area contributed by atoms with E-state index in [2.05, 4.69) is 5.32 Å². The second-order valence-corrected chi connectivity index (χ2v) is 7.08. The van der Waals surface area contributed by atoms with Gasteiger partial charge >= 0.3 is 0 Å². The third-order valence-corrected chi connectivity index (χ3v) is 5.54. The molecule has 7 nitrogen and oxygen atoms in total. The number of hydrogen-bond acceptors (Lipinski definition) is 5. The first-order valence-corrected chi connectivity index (χ1v) is 8.48. The second-order valence-electron chi connectivity index (χ2n) is 5.25. The highest BCUT2D eigenvalue weighted by Gasteiger charge is 2.41. The number of nitrogens with one attached hydrogen (secondary N) is 1. The molecule has 1 fully saturated rings. The third kappa shape index (κ3) is 2.59. The van der Waals surface area contributed by atoms with Crippen LogP contribution in [0.1, 0.15) is 23.2 Å². The summed E-state index contributed by atoms with van der Waals surface area (Å²) in [5.74, 6) is -1.18. The molecule has 1 unspecified atom stereocenters. The van der Waals surface area contributed by atoms with Crippen molar-refractivity contribution in [3.05, 3.63) is 29.8 Å². The van der Waals surface area contributed by atoms with Crippen LogP contribution in [0.3, 0.4) is 0 Å². The summed E-state index contributed by atoms with van der Waals surface area (Å²) in [5.41, 5.74) is 0.106. The lowest BCUT2D eigenvalue weighted by molar-refractivity contribution is -0.121. The Morgan fingerprint density at radius 3 is 2.82 bits per heavy atom. The number of fused-ring (bicyclic) bond motifs is 1. The van der Waals surface area contributed by atoms with Crippen molar-refractivity contribution >= 4 is 21.8 Å². The lowest BCUT2D eigenvalue weighted by atomic mass is 10.2. The molecule has 0 aliphatic carbocycles. The number of carbonyl (C=O) groups is 2. The average Bonchev–Trinajstić information content (AvgIpc) is 3.08. The standard InChI is InChI=1S/C14H16N2O5S/c17-13(15-8-10-4-3-7-21-10)9-16-14(18)11-5-1-2-6-12(11)22(16,19)20/h1-2,5-6,10H,3-4,7-9H2,(H,15,17). The Morgan fingerprint density at radius 2 is 2.14 bits per heavy atom. The summed E-state index contributed by atoms with van der Waals surface area (Å²) >= 11 is 0. The number of nitrogens with zero attached hydrogens (tertiary/aromatic N) is 1. The maximum absolute atomic E-state index is 12.3. The smallest absolute Gasteiger partial charge is 0.269 e. The average molecular weight is 324 g/mol. The van der Waals surface area contributed by atoms with E-state index < -0.39 is 28.4 Å². The van der Waals surface area contributed by atoms with Crippen LogP contribution in [0.2, 0.25) is 0 Å². The lowest BCUT2D eigenvalue weighted by Gasteiger charge is -2.16. The second kappa shape index (κ2) is 5.69. The molecular weight excluding hydrogens is 308 g/mol. The molecule has 1 aromatic rings. The number of sulfonamides is 1. The van der Waals surface area contributed by atoms with Crippen molar-refractivity contribution in [2.75, 3.05) is 19.7 Å². The molecule has 118 valence electrons. The van der Waals surface area contributed by atoms with Gasteiger partial charge in [0.15, 0.2) is 0 Å². The number of benzene rings is 1. The minimum Gasteiger partial charge on any atom is -0.376 e. The van der Waals surface area contributed by atoms with Gasteiger partial charge < -0.3 is 10.1 Å². The monoisotopic (exact) mass is 324 g/mol. The number of ether oxygens (including phenoxy) is 1. The molecule has 0 bridgehead atoms. The maximum Gasteiger partial charge on any atom is 0.269 e. The van der Waals surface area contributed by atoms with E-state index >= 15 is 0 Å². The van der Waals surface area contributed by atoms with Gasteiger partial charge in [0.25, 0.3) is 15.9 Å². The zero-order valence-corrected chi connectivity index (χ0v) is 12.6. The quantitative estimate of drug-likeness (QED) is 0.849. The Bertz CT molecular complexity index is 710. The summed E-state index contributed by atoms with van der Waals surface area (Å²) in [6, 6.07) is 5.95. The van der Waals surface area contributed by atoms with Gasteiger partial charge in [0.05, 0.1) is 11.7 Å². The fourth-order valence-electron chi connectivity index (χ4n) is 2.61. The SMILES string of the molecule is O=C(CN1C(=O)c2ccccc2S1(=O)=O)NCC1CCCO1. The Morgan fingerprint density at radius 1 is 1.36 bits per heavy atom. The van der Waals surface area contributed by atoms with Crippen molar-refractivity contribution < 1.29 is 22.7 Å². The summed E-state index contributed by atoms with van der Waals surface area (Å²) in [5, 5.41) is 2.61. The van der Waals surface area contributed by atoms with Gasteiger partial charge in [0.1, 0.15) is 11.4 Å². The van der Waals surface area contributed by atoms with Gasteiger partial charge in [0.2, 0.25) is 5.91 Å². The Hall–Kier alpha value is -1.93. The van der Waals surface area contributed by atoms with Crippen molar-refractivity contribution in [1.29, 1.82) is 0 Å². The summed E-state index contributed by atoms with van der Waals surface area (Å²) in [4.78, 5) is 24.0. The lowest BCUT2D eigenvalue weighted by Crippen LogP contribution is -2.42. The van der Waals surface area contributed by atoms with Gasteiger partial charge in [-0.3, -0.25) is 9.59 Å². The number of carbonyl (C=O) groups excluding carboxylic acids is 2. The first-order chi connectivity index (χ1) is 10.5. The fraction of sp³-hybridized carbons (Fsp3) is 0.429. The highest BCUT2D eigenvalue weighted by molar-refractivity contribution is 7.90. The van der Waals surface area contributed by atoms with Gasteiger partial charge in [-0.1, -0.05) is 12.1 Å². The summed E-state index contributed by atoms with van der Waals surface area (Å²) < 4.78 is 30.6. The molecule has 1 N–H and O–H groups in total. The van der Waals surface area contributed by atoms with Crippen molar-refractivity contribution in [2.45, 2.75) is 23.8 Å². The predicted octanol–water partition coefficient (Wildman–Crippen LogP) is 0.126. The van der Waals surface area contributed by atoms with E-state index in [1.807, 2.05) is 0 Å². The molecule has 0 aromatic heterocycles. The van der Waals surface area contributed by atoms with E-state index in [9.17, 15) is 18.0 Å². The molecule has 22 heavy (non-hydrogen) atoms. The van der Waals surface area contributed by atoms with Crippen LogP contribution in [-0.2, 0) is 19.6 Å². The van der Waals surface area contributed by atoms with E-state index in [-0.39, 0.29) is 16.6 Å². The first kappa shape index (κ1) is 15.0. The van der Waals surface area contributed by atoms with Gasteiger partial charge in [-0.05, 0) is 25.0 Å². The molecule has 3 rings (SSSR count).